The average Bonchev–Trinajstić information content (AvgIpc) is 2.68. The van der Waals surface area contributed by atoms with E-state index in [0.717, 1.165) is 47.8 Å². The molecule has 0 spiro atoms. The van der Waals surface area contributed by atoms with Crippen molar-refractivity contribution in [1.82, 2.24) is 14.9 Å². The van der Waals surface area contributed by atoms with Crippen LogP contribution in [-0.2, 0) is 0 Å². The van der Waals surface area contributed by atoms with Gasteiger partial charge in [0.25, 0.3) is 0 Å². The van der Waals surface area contributed by atoms with Crippen LogP contribution in [0, 0.1) is 6.92 Å². The second-order valence-electron chi connectivity index (χ2n) is 7.00. The van der Waals surface area contributed by atoms with Gasteiger partial charge >= 0.3 is 0 Å². The summed E-state index contributed by atoms with van der Waals surface area (Å²) >= 11 is 6.25. The van der Waals surface area contributed by atoms with E-state index in [9.17, 15) is 0 Å². The van der Waals surface area contributed by atoms with Crippen molar-refractivity contribution in [2.24, 2.45) is 0 Å². The molecule has 1 heterocycles. The molecule has 6 heteroatoms. The second kappa shape index (κ2) is 9.53. The molecule has 146 valence electrons. The number of hydrogen-bond acceptors (Lipinski definition) is 5. The summed E-state index contributed by atoms with van der Waals surface area (Å²) in [6.45, 7) is 3.85. The fourth-order valence-electron chi connectivity index (χ4n) is 2.76. The number of halogens is 1. The molecule has 2 aromatic carbocycles. The van der Waals surface area contributed by atoms with Crippen LogP contribution in [0.5, 0.6) is 0 Å². The molecule has 5 nitrogen and oxygen atoms in total. The second-order valence-corrected chi connectivity index (χ2v) is 7.41. The van der Waals surface area contributed by atoms with Crippen molar-refractivity contribution in [3.05, 3.63) is 65.2 Å². The molecule has 0 amide bonds. The molecule has 0 aliphatic rings. The number of hydrogen-bond donors (Lipinski definition) is 2. The van der Waals surface area contributed by atoms with Crippen molar-refractivity contribution >= 4 is 29.1 Å². The molecule has 0 fully saturated rings. The van der Waals surface area contributed by atoms with Crippen molar-refractivity contribution in [2.45, 2.75) is 13.3 Å². The van der Waals surface area contributed by atoms with E-state index in [1.807, 2.05) is 61.5 Å². The molecule has 0 aliphatic carbocycles. The van der Waals surface area contributed by atoms with Gasteiger partial charge in [-0.1, -0.05) is 48.0 Å². The molecule has 0 unspecified atom stereocenters. The van der Waals surface area contributed by atoms with Gasteiger partial charge in [0.05, 0.1) is 5.69 Å². The van der Waals surface area contributed by atoms with Crippen molar-refractivity contribution < 1.29 is 0 Å². The van der Waals surface area contributed by atoms with Crippen LogP contribution in [0.1, 0.15) is 12.0 Å². The van der Waals surface area contributed by atoms with Gasteiger partial charge in [-0.05, 0) is 51.7 Å². The van der Waals surface area contributed by atoms with Gasteiger partial charge in [-0.3, -0.25) is 0 Å². The number of anilines is 3. The van der Waals surface area contributed by atoms with Gasteiger partial charge in [0, 0.05) is 28.9 Å². The number of nitrogens with one attached hydrogen (secondary N) is 2. The maximum Gasteiger partial charge on any atom is 0.229 e. The molecule has 0 atom stereocenters. The van der Waals surface area contributed by atoms with Crippen LogP contribution in [0.25, 0.3) is 11.3 Å². The summed E-state index contributed by atoms with van der Waals surface area (Å²) in [7, 11) is 4.15. The zero-order valence-corrected chi connectivity index (χ0v) is 17.3. The fourth-order valence-corrected chi connectivity index (χ4v) is 2.94. The van der Waals surface area contributed by atoms with E-state index in [1.165, 1.54) is 0 Å². The van der Waals surface area contributed by atoms with Crippen LogP contribution in [0.3, 0.4) is 0 Å². The summed E-state index contributed by atoms with van der Waals surface area (Å²) in [6, 6.07) is 17.9. The molecular weight excluding hydrogens is 370 g/mol. The summed E-state index contributed by atoms with van der Waals surface area (Å²) in [5.74, 6) is 1.34. The highest BCUT2D eigenvalue weighted by molar-refractivity contribution is 6.31. The van der Waals surface area contributed by atoms with E-state index in [0.29, 0.717) is 11.0 Å². The first-order chi connectivity index (χ1) is 13.5. The number of nitrogens with zero attached hydrogens (tertiary/aromatic N) is 3. The minimum Gasteiger partial charge on any atom is -0.370 e. The smallest absolute Gasteiger partial charge is 0.229 e. The predicted octanol–water partition coefficient (Wildman–Crippen LogP) is 5.21. The van der Waals surface area contributed by atoms with E-state index in [1.54, 1.807) is 0 Å². The zero-order valence-electron chi connectivity index (χ0n) is 16.5. The van der Waals surface area contributed by atoms with Crippen molar-refractivity contribution in [3.63, 3.8) is 0 Å². The first-order valence-corrected chi connectivity index (χ1v) is 9.75. The third-order valence-electron chi connectivity index (χ3n) is 4.31. The largest absolute Gasteiger partial charge is 0.370 e. The highest BCUT2D eigenvalue weighted by Gasteiger charge is 2.08. The molecule has 2 N–H and O–H groups in total. The molecule has 0 radical (unpaired) electrons. The lowest BCUT2D eigenvalue weighted by Gasteiger charge is -2.13. The third kappa shape index (κ3) is 5.68. The van der Waals surface area contributed by atoms with E-state index in [4.69, 9.17) is 16.6 Å². The summed E-state index contributed by atoms with van der Waals surface area (Å²) in [5.41, 5.74) is 3.81. The van der Waals surface area contributed by atoms with Crippen LogP contribution in [0.2, 0.25) is 5.02 Å². The van der Waals surface area contributed by atoms with Gasteiger partial charge in [-0.2, -0.15) is 4.98 Å². The Morgan fingerprint density at radius 3 is 2.50 bits per heavy atom. The Morgan fingerprint density at radius 1 is 1.00 bits per heavy atom. The monoisotopic (exact) mass is 395 g/mol. The normalized spacial score (nSPS) is 10.9. The Bertz CT molecular complexity index is 912. The maximum absolute atomic E-state index is 6.25. The molecular formula is C22H26ClN5. The summed E-state index contributed by atoms with van der Waals surface area (Å²) < 4.78 is 0. The SMILES string of the molecule is Cc1ccc(Nc2nc(NCCCN(C)C)cc(-c3ccccc3)n2)cc1Cl. The summed E-state index contributed by atoms with van der Waals surface area (Å²) in [6.07, 6.45) is 1.04. The van der Waals surface area contributed by atoms with E-state index in [2.05, 4.69) is 34.6 Å². The maximum atomic E-state index is 6.25. The Hall–Kier alpha value is -2.63. The van der Waals surface area contributed by atoms with Gasteiger partial charge in [-0.25, -0.2) is 4.98 Å². The zero-order chi connectivity index (χ0) is 19.9. The molecule has 3 rings (SSSR count). The van der Waals surface area contributed by atoms with Crippen molar-refractivity contribution in [2.75, 3.05) is 37.8 Å². The van der Waals surface area contributed by atoms with Crippen molar-refractivity contribution in [1.29, 1.82) is 0 Å². The molecule has 0 aliphatic heterocycles. The van der Waals surface area contributed by atoms with Crippen LogP contribution in [-0.4, -0.2) is 42.1 Å². The van der Waals surface area contributed by atoms with Crippen molar-refractivity contribution in [3.8, 4) is 11.3 Å². The van der Waals surface area contributed by atoms with Gasteiger partial charge in [0.2, 0.25) is 5.95 Å². The fraction of sp³-hybridized carbons (Fsp3) is 0.273. The standard InChI is InChI=1S/C22H26ClN5/c1-16-10-11-18(14-19(16)23)25-22-26-20(17-8-5-4-6-9-17)15-21(27-22)24-12-7-13-28(2)3/h4-6,8-11,14-15H,7,12-13H2,1-3H3,(H2,24,25,26,27). The minimum absolute atomic E-state index is 0.538. The quantitative estimate of drug-likeness (QED) is 0.512. The average molecular weight is 396 g/mol. The Labute approximate surface area is 171 Å². The Morgan fingerprint density at radius 2 is 1.79 bits per heavy atom. The van der Waals surface area contributed by atoms with Gasteiger partial charge in [-0.15, -0.1) is 0 Å². The first kappa shape index (κ1) is 20.1. The molecule has 1 aromatic heterocycles. The van der Waals surface area contributed by atoms with Crippen LogP contribution in [0.15, 0.2) is 54.6 Å². The highest BCUT2D eigenvalue weighted by atomic mass is 35.5. The predicted molar refractivity (Wildman–Crippen MR) is 119 cm³/mol. The summed E-state index contributed by atoms with van der Waals surface area (Å²) in [4.78, 5) is 11.5. The Kier molecular flexibility index (Phi) is 6.85. The number of rotatable bonds is 8. The Balaban J connectivity index is 1.85. The molecule has 3 aromatic rings. The third-order valence-corrected chi connectivity index (χ3v) is 4.72. The van der Waals surface area contributed by atoms with Gasteiger partial charge < -0.3 is 15.5 Å². The molecule has 0 bridgehead atoms. The van der Waals surface area contributed by atoms with E-state index >= 15 is 0 Å². The lowest BCUT2D eigenvalue weighted by molar-refractivity contribution is 0.405. The minimum atomic E-state index is 0.538. The lowest BCUT2D eigenvalue weighted by Crippen LogP contribution is -2.16. The molecule has 0 saturated carbocycles. The van der Waals surface area contributed by atoms with E-state index in [-0.39, 0.29) is 0 Å². The molecule has 0 saturated heterocycles. The van der Waals surface area contributed by atoms with Gasteiger partial charge in [0.1, 0.15) is 5.82 Å². The number of aromatic nitrogens is 2. The topological polar surface area (TPSA) is 53.1 Å². The first-order valence-electron chi connectivity index (χ1n) is 9.37. The highest BCUT2D eigenvalue weighted by Crippen LogP contribution is 2.25. The lowest BCUT2D eigenvalue weighted by atomic mass is 10.1. The van der Waals surface area contributed by atoms with Gasteiger partial charge in [0.15, 0.2) is 0 Å². The van der Waals surface area contributed by atoms with Crippen LogP contribution < -0.4 is 10.6 Å². The van der Waals surface area contributed by atoms with E-state index < -0.39 is 0 Å². The van der Waals surface area contributed by atoms with Crippen LogP contribution >= 0.6 is 11.6 Å². The number of aryl methyl sites for hydroxylation is 1. The summed E-state index contributed by atoms with van der Waals surface area (Å²) in [5, 5.41) is 7.40. The molecule has 28 heavy (non-hydrogen) atoms. The van der Waals surface area contributed by atoms with Crippen LogP contribution in [0.4, 0.5) is 17.5 Å². The number of benzene rings is 2.